The molecule has 1 aromatic rings. The zero-order valence-corrected chi connectivity index (χ0v) is 9.65. The number of nitrogens with one attached hydrogen (secondary N) is 1. The van der Waals surface area contributed by atoms with E-state index in [0.717, 1.165) is 0 Å². The van der Waals surface area contributed by atoms with E-state index in [0.29, 0.717) is 5.56 Å². The minimum absolute atomic E-state index is 0.0607. The first-order valence-corrected chi connectivity index (χ1v) is 5.14. The van der Waals surface area contributed by atoms with E-state index in [4.69, 9.17) is 0 Å². The number of rotatable bonds is 2. The van der Waals surface area contributed by atoms with Crippen molar-refractivity contribution in [1.29, 1.82) is 0 Å². The van der Waals surface area contributed by atoms with Crippen LogP contribution in [-0.2, 0) is 14.3 Å². The lowest BCUT2D eigenvalue weighted by molar-refractivity contribution is -0.152. The number of hydrogen-bond donors (Lipinski definition) is 1. The van der Waals surface area contributed by atoms with Gasteiger partial charge in [-0.1, -0.05) is 18.2 Å². The first kappa shape index (κ1) is 12.9. The van der Waals surface area contributed by atoms with Gasteiger partial charge in [0.25, 0.3) is 0 Å². The standard InChI is InChI=1S/C12H13NO4/c1-3-17-12(16)11(15)13-9-7-5-4-6-8(2)10(9)14/h4-7H,3H2,1-2H3,(H,13,14,15). The van der Waals surface area contributed by atoms with Crippen LogP contribution in [0, 0.1) is 6.92 Å². The molecule has 0 aliphatic heterocycles. The Balaban J connectivity index is 2.94. The lowest BCUT2D eigenvalue weighted by Crippen LogP contribution is -2.27. The summed E-state index contributed by atoms with van der Waals surface area (Å²) in [5.41, 5.74) is 0.215. The summed E-state index contributed by atoms with van der Waals surface area (Å²) in [6.07, 6.45) is 0. The molecule has 90 valence electrons. The molecule has 0 spiro atoms. The largest absolute Gasteiger partial charge is 0.459 e. The van der Waals surface area contributed by atoms with Crippen LogP contribution in [0.1, 0.15) is 12.5 Å². The quantitative estimate of drug-likeness (QED) is 0.609. The molecule has 0 heterocycles. The Kier molecular flexibility index (Phi) is 4.39. The number of amides is 1. The molecule has 1 rings (SSSR count). The smallest absolute Gasteiger partial charge is 0.397 e. The number of ether oxygens (including phenoxy) is 1. The molecular weight excluding hydrogens is 222 g/mol. The Labute approximate surface area is 98.4 Å². The highest BCUT2D eigenvalue weighted by molar-refractivity contribution is 6.37. The van der Waals surface area contributed by atoms with Crippen molar-refractivity contribution in [2.24, 2.45) is 0 Å². The summed E-state index contributed by atoms with van der Waals surface area (Å²) in [6, 6.07) is 6.35. The van der Waals surface area contributed by atoms with Crippen molar-refractivity contribution in [3.05, 3.63) is 40.1 Å². The molecule has 0 unspecified atom stereocenters. The van der Waals surface area contributed by atoms with Crippen LogP contribution in [0.3, 0.4) is 0 Å². The Morgan fingerprint density at radius 3 is 2.59 bits per heavy atom. The normalized spacial score (nSPS) is 9.53. The number of anilines is 1. The first-order valence-electron chi connectivity index (χ1n) is 5.14. The van der Waals surface area contributed by atoms with Crippen LogP contribution >= 0.6 is 0 Å². The second-order valence-corrected chi connectivity index (χ2v) is 3.32. The molecular formula is C12H13NO4. The first-order chi connectivity index (χ1) is 8.06. The minimum Gasteiger partial charge on any atom is -0.459 e. The van der Waals surface area contributed by atoms with Crippen molar-refractivity contribution < 1.29 is 14.3 Å². The second-order valence-electron chi connectivity index (χ2n) is 3.32. The molecule has 0 fully saturated rings. The summed E-state index contributed by atoms with van der Waals surface area (Å²) in [6.45, 7) is 3.33. The third kappa shape index (κ3) is 3.41. The van der Waals surface area contributed by atoms with Crippen molar-refractivity contribution in [3.8, 4) is 0 Å². The zero-order valence-electron chi connectivity index (χ0n) is 9.65. The van der Waals surface area contributed by atoms with Gasteiger partial charge in [-0.25, -0.2) is 4.79 Å². The fraction of sp³-hybridized carbons (Fsp3) is 0.250. The highest BCUT2D eigenvalue weighted by Crippen LogP contribution is 2.00. The molecule has 0 aliphatic carbocycles. The van der Waals surface area contributed by atoms with E-state index in [-0.39, 0.29) is 17.7 Å². The average molecular weight is 235 g/mol. The van der Waals surface area contributed by atoms with E-state index in [1.807, 2.05) is 0 Å². The topological polar surface area (TPSA) is 72.5 Å². The van der Waals surface area contributed by atoms with Crippen molar-refractivity contribution in [2.45, 2.75) is 13.8 Å². The molecule has 1 N–H and O–H groups in total. The predicted octanol–water partition coefficient (Wildman–Crippen LogP) is 0.857. The zero-order chi connectivity index (χ0) is 12.8. The predicted molar refractivity (Wildman–Crippen MR) is 62.7 cm³/mol. The third-order valence-corrected chi connectivity index (χ3v) is 2.03. The fourth-order valence-electron chi connectivity index (χ4n) is 1.18. The van der Waals surface area contributed by atoms with Gasteiger partial charge in [-0.05, 0) is 25.5 Å². The van der Waals surface area contributed by atoms with Gasteiger partial charge in [0.1, 0.15) is 0 Å². The Morgan fingerprint density at radius 2 is 1.94 bits per heavy atom. The van der Waals surface area contributed by atoms with Gasteiger partial charge in [-0.3, -0.25) is 9.59 Å². The molecule has 5 nitrogen and oxygen atoms in total. The van der Waals surface area contributed by atoms with Crippen molar-refractivity contribution in [3.63, 3.8) is 0 Å². The molecule has 0 saturated heterocycles. The molecule has 5 heteroatoms. The fourth-order valence-corrected chi connectivity index (χ4v) is 1.18. The lowest BCUT2D eigenvalue weighted by atomic mass is 10.3. The van der Waals surface area contributed by atoms with Gasteiger partial charge >= 0.3 is 11.9 Å². The summed E-state index contributed by atoms with van der Waals surface area (Å²) < 4.78 is 4.52. The van der Waals surface area contributed by atoms with Crippen LogP contribution in [0.5, 0.6) is 0 Å². The maximum atomic E-state index is 11.7. The molecule has 0 bridgehead atoms. The number of carbonyl (C=O) groups excluding carboxylic acids is 2. The summed E-state index contributed by atoms with van der Waals surface area (Å²) in [5, 5.41) is 2.23. The molecule has 1 amide bonds. The van der Waals surface area contributed by atoms with Gasteiger partial charge in [0.2, 0.25) is 5.43 Å². The second kappa shape index (κ2) is 5.79. The summed E-state index contributed by atoms with van der Waals surface area (Å²) in [5.74, 6) is -1.95. The van der Waals surface area contributed by atoms with E-state index in [9.17, 15) is 14.4 Å². The van der Waals surface area contributed by atoms with Gasteiger partial charge in [0, 0.05) is 0 Å². The highest BCUT2D eigenvalue weighted by atomic mass is 16.5. The van der Waals surface area contributed by atoms with Crippen molar-refractivity contribution >= 4 is 17.6 Å². The van der Waals surface area contributed by atoms with Crippen LogP contribution in [0.2, 0.25) is 0 Å². The molecule has 17 heavy (non-hydrogen) atoms. The van der Waals surface area contributed by atoms with Gasteiger partial charge in [0.15, 0.2) is 0 Å². The highest BCUT2D eigenvalue weighted by Gasteiger charge is 2.15. The number of hydrogen-bond acceptors (Lipinski definition) is 4. The number of aryl methyl sites for hydroxylation is 1. The number of carbonyl (C=O) groups is 2. The van der Waals surface area contributed by atoms with Crippen molar-refractivity contribution in [2.75, 3.05) is 11.9 Å². The Morgan fingerprint density at radius 1 is 1.29 bits per heavy atom. The Bertz CT molecular complexity index is 496. The maximum Gasteiger partial charge on any atom is 0.397 e. The number of esters is 1. The van der Waals surface area contributed by atoms with Gasteiger partial charge in [-0.2, -0.15) is 0 Å². The molecule has 0 aromatic heterocycles. The summed E-state index contributed by atoms with van der Waals surface area (Å²) in [7, 11) is 0. The molecule has 0 atom stereocenters. The van der Waals surface area contributed by atoms with Crippen LogP contribution in [0.15, 0.2) is 29.1 Å². The monoisotopic (exact) mass is 235 g/mol. The minimum atomic E-state index is -1.00. The van der Waals surface area contributed by atoms with E-state index in [1.54, 1.807) is 32.0 Å². The summed E-state index contributed by atoms with van der Waals surface area (Å²) >= 11 is 0. The van der Waals surface area contributed by atoms with Crippen LogP contribution in [0.4, 0.5) is 5.69 Å². The van der Waals surface area contributed by atoms with Crippen molar-refractivity contribution in [1.82, 2.24) is 0 Å². The van der Waals surface area contributed by atoms with Crippen LogP contribution in [-0.4, -0.2) is 18.5 Å². The van der Waals surface area contributed by atoms with Crippen LogP contribution in [0.25, 0.3) is 0 Å². The van der Waals surface area contributed by atoms with Gasteiger partial charge in [0.05, 0.1) is 12.3 Å². The maximum absolute atomic E-state index is 11.7. The Hall–Kier alpha value is -2.17. The van der Waals surface area contributed by atoms with Gasteiger partial charge < -0.3 is 10.1 Å². The van der Waals surface area contributed by atoms with E-state index in [2.05, 4.69) is 10.1 Å². The molecule has 0 radical (unpaired) electrons. The van der Waals surface area contributed by atoms with E-state index >= 15 is 0 Å². The summed E-state index contributed by atoms with van der Waals surface area (Å²) in [4.78, 5) is 34.1. The van der Waals surface area contributed by atoms with E-state index in [1.165, 1.54) is 6.07 Å². The molecule has 0 saturated carbocycles. The molecule has 0 aliphatic rings. The van der Waals surface area contributed by atoms with Crippen LogP contribution < -0.4 is 10.7 Å². The third-order valence-electron chi connectivity index (χ3n) is 2.03. The lowest BCUT2D eigenvalue weighted by Gasteiger charge is -2.02. The van der Waals surface area contributed by atoms with Gasteiger partial charge in [-0.15, -0.1) is 0 Å². The average Bonchev–Trinajstić information content (AvgIpc) is 2.45. The molecule has 1 aromatic carbocycles. The van der Waals surface area contributed by atoms with E-state index < -0.39 is 11.9 Å². The SMILES string of the molecule is CCOC(=O)C(=O)Nc1ccccc(C)c1=O.